The van der Waals surface area contributed by atoms with Crippen molar-refractivity contribution in [2.75, 3.05) is 6.61 Å². The molecule has 0 radical (unpaired) electrons. The molecule has 2 N–H and O–H groups in total. The topological polar surface area (TPSA) is 92.9 Å². The van der Waals surface area contributed by atoms with Crippen molar-refractivity contribution in [3.05, 3.63) is 26.7 Å². The van der Waals surface area contributed by atoms with Gasteiger partial charge in [-0.15, -0.1) is 0 Å². The molecular weight excluding hydrogens is 380 g/mol. The first kappa shape index (κ1) is 24.4. The van der Waals surface area contributed by atoms with Gasteiger partial charge < -0.3 is 9.67 Å². The summed E-state index contributed by atoms with van der Waals surface area (Å²) in [5.74, 6) is 0.782. The molecule has 30 heavy (non-hydrogen) atoms. The monoisotopic (exact) mass is 420 g/mol. The van der Waals surface area contributed by atoms with Crippen molar-refractivity contribution in [2.24, 2.45) is 7.05 Å². The van der Waals surface area contributed by atoms with Crippen LogP contribution in [0.5, 0.6) is 0 Å². The highest BCUT2D eigenvalue weighted by molar-refractivity contribution is 5.70. The Bertz CT molecular complexity index is 866. The fourth-order valence-corrected chi connectivity index (χ4v) is 4.12. The predicted octanol–water partition coefficient (Wildman–Crippen LogP) is 4.19. The number of aromatic amines is 1. The molecule has 0 saturated carbocycles. The molecular formula is C23H40N4O3. The first-order chi connectivity index (χ1) is 14.6. The third-order valence-electron chi connectivity index (χ3n) is 5.99. The number of aryl methyl sites for hydroxylation is 3. The molecule has 2 aromatic heterocycles. The summed E-state index contributed by atoms with van der Waals surface area (Å²) in [7, 11) is 1.64. The maximum Gasteiger partial charge on any atom is 0.329 e. The molecule has 2 heterocycles. The lowest BCUT2D eigenvalue weighted by molar-refractivity contribution is 0.282. The second-order valence-corrected chi connectivity index (χ2v) is 8.47. The molecule has 0 fully saturated rings. The van der Waals surface area contributed by atoms with E-state index in [1.165, 1.54) is 75.2 Å². The lowest BCUT2D eigenvalue weighted by Gasteiger charge is -2.07. The van der Waals surface area contributed by atoms with Crippen LogP contribution in [0.15, 0.2) is 9.59 Å². The Kier molecular flexibility index (Phi) is 10.9. The maximum atomic E-state index is 12.2. The highest BCUT2D eigenvalue weighted by Gasteiger charge is 2.14. The second kappa shape index (κ2) is 13.4. The molecule has 0 unspecified atom stereocenters. The number of aliphatic hydroxyl groups is 1. The van der Waals surface area contributed by atoms with E-state index in [-0.39, 0.29) is 5.56 Å². The molecule has 0 bridgehead atoms. The van der Waals surface area contributed by atoms with E-state index in [0.29, 0.717) is 17.8 Å². The van der Waals surface area contributed by atoms with E-state index in [1.807, 2.05) is 11.5 Å². The van der Waals surface area contributed by atoms with Gasteiger partial charge >= 0.3 is 5.69 Å². The van der Waals surface area contributed by atoms with Gasteiger partial charge in [0.25, 0.3) is 5.56 Å². The minimum Gasteiger partial charge on any atom is -0.396 e. The molecule has 0 aliphatic heterocycles. The minimum atomic E-state index is -0.421. The smallest absolute Gasteiger partial charge is 0.329 e. The standard InChI is InChI=1S/C23H40N4O3/c1-19-24-21-20(22(29)25-23(30)26(21)2)27(19)17-15-13-11-9-7-5-3-4-6-8-10-12-14-16-18-28/h28H,3-18H2,1-2H3,(H,25,29,30). The number of nitrogens with one attached hydrogen (secondary N) is 1. The summed E-state index contributed by atoms with van der Waals surface area (Å²) >= 11 is 0. The van der Waals surface area contributed by atoms with Crippen molar-refractivity contribution in [3.63, 3.8) is 0 Å². The molecule has 0 aliphatic rings. The quantitative estimate of drug-likeness (QED) is 0.398. The molecule has 0 aromatic carbocycles. The van der Waals surface area contributed by atoms with Crippen LogP contribution in [-0.2, 0) is 13.6 Å². The van der Waals surface area contributed by atoms with Gasteiger partial charge in [0, 0.05) is 20.2 Å². The zero-order chi connectivity index (χ0) is 21.8. The Hall–Kier alpha value is -1.89. The lowest BCUT2D eigenvalue weighted by atomic mass is 10.0. The van der Waals surface area contributed by atoms with E-state index >= 15 is 0 Å². The van der Waals surface area contributed by atoms with Crippen LogP contribution in [0.25, 0.3) is 11.2 Å². The van der Waals surface area contributed by atoms with Crippen molar-refractivity contribution < 1.29 is 5.11 Å². The van der Waals surface area contributed by atoms with Crippen molar-refractivity contribution in [1.29, 1.82) is 0 Å². The van der Waals surface area contributed by atoms with Gasteiger partial charge in [0.15, 0.2) is 11.2 Å². The molecule has 2 rings (SSSR count). The van der Waals surface area contributed by atoms with E-state index in [4.69, 9.17) is 5.11 Å². The SMILES string of the molecule is Cc1nc2c(c(=O)[nH]c(=O)n2C)n1CCCCCCCCCCCCCCCCO. The highest BCUT2D eigenvalue weighted by Crippen LogP contribution is 2.15. The summed E-state index contributed by atoms with van der Waals surface area (Å²) in [4.78, 5) is 30.7. The van der Waals surface area contributed by atoms with Gasteiger partial charge in [-0.3, -0.25) is 14.3 Å². The number of H-pyrrole nitrogens is 1. The van der Waals surface area contributed by atoms with Crippen molar-refractivity contribution >= 4 is 11.2 Å². The van der Waals surface area contributed by atoms with Crippen molar-refractivity contribution in [2.45, 2.75) is 103 Å². The van der Waals surface area contributed by atoms with Gasteiger partial charge in [-0.25, -0.2) is 9.78 Å². The Morgan fingerprint density at radius 3 is 1.77 bits per heavy atom. The van der Waals surface area contributed by atoms with Crippen LogP contribution in [0.3, 0.4) is 0 Å². The van der Waals surface area contributed by atoms with Gasteiger partial charge in [0.2, 0.25) is 0 Å². The van der Waals surface area contributed by atoms with Gasteiger partial charge in [0.1, 0.15) is 5.82 Å². The largest absolute Gasteiger partial charge is 0.396 e. The average molecular weight is 421 g/mol. The van der Waals surface area contributed by atoms with E-state index < -0.39 is 5.69 Å². The fraction of sp³-hybridized carbons (Fsp3) is 0.783. The van der Waals surface area contributed by atoms with E-state index in [9.17, 15) is 9.59 Å². The second-order valence-electron chi connectivity index (χ2n) is 8.47. The van der Waals surface area contributed by atoms with Crippen LogP contribution in [0, 0.1) is 6.92 Å². The summed E-state index contributed by atoms with van der Waals surface area (Å²) in [6.07, 6.45) is 17.4. The maximum absolute atomic E-state index is 12.2. The molecule has 2 aromatic rings. The van der Waals surface area contributed by atoms with Gasteiger partial charge in [0.05, 0.1) is 0 Å². The minimum absolute atomic E-state index is 0.335. The number of rotatable bonds is 16. The molecule has 7 nitrogen and oxygen atoms in total. The summed E-state index contributed by atoms with van der Waals surface area (Å²) in [6, 6.07) is 0. The van der Waals surface area contributed by atoms with Crippen LogP contribution in [0.1, 0.15) is 95.7 Å². The third-order valence-corrected chi connectivity index (χ3v) is 5.99. The molecule has 0 spiro atoms. The van der Waals surface area contributed by atoms with E-state index in [1.54, 1.807) is 7.05 Å². The Balaban J connectivity index is 1.55. The zero-order valence-corrected chi connectivity index (χ0v) is 18.9. The number of fused-ring (bicyclic) bond motifs is 1. The summed E-state index contributed by atoms with van der Waals surface area (Å²) < 4.78 is 3.34. The van der Waals surface area contributed by atoms with Gasteiger partial charge in [-0.05, 0) is 19.8 Å². The van der Waals surface area contributed by atoms with E-state index in [0.717, 1.165) is 31.6 Å². The number of nitrogens with zero attached hydrogens (tertiary/aromatic N) is 3. The number of hydrogen-bond donors (Lipinski definition) is 2. The number of aliphatic hydroxyl groups excluding tert-OH is 1. The van der Waals surface area contributed by atoms with Crippen LogP contribution in [0.4, 0.5) is 0 Å². The van der Waals surface area contributed by atoms with Crippen LogP contribution in [0.2, 0.25) is 0 Å². The first-order valence-corrected chi connectivity index (χ1v) is 11.8. The highest BCUT2D eigenvalue weighted by atomic mass is 16.3. The first-order valence-electron chi connectivity index (χ1n) is 11.8. The fourth-order valence-electron chi connectivity index (χ4n) is 4.12. The summed E-state index contributed by atoms with van der Waals surface area (Å²) in [6.45, 7) is 2.99. The molecule has 7 heteroatoms. The summed E-state index contributed by atoms with van der Waals surface area (Å²) in [5.41, 5.74) is 0.198. The average Bonchev–Trinajstić information content (AvgIpc) is 3.06. The normalized spacial score (nSPS) is 11.6. The molecule has 170 valence electrons. The summed E-state index contributed by atoms with van der Waals surface area (Å²) in [5, 5.41) is 8.75. The zero-order valence-electron chi connectivity index (χ0n) is 18.9. The number of imidazole rings is 1. The Morgan fingerprint density at radius 1 is 0.800 bits per heavy atom. The number of unbranched alkanes of at least 4 members (excludes halogenated alkanes) is 13. The molecule has 0 saturated heterocycles. The lowest BCUT2D eigenvalue weighted by Crippen LogP contribution is -2.29. The van der Waals surface area contributed by atoms with Crippen LogP contribution < -0.4 is 11.2 Å². The molecule has 0 atom stereocenters. The Morgan fingerprint density at radius 2 is 1.27 bits per heavy atom. The molecule has 0 aliphatic carbocycles. The van der Waals surface area contributed by atoms with Gasteiger partial charge in [-0.2, -0.15) is 0 Å². The van der Waals surface area contributed by atoms with Crippen LogP contribution in [-0.4, -0.2) is 30.8 Å². The van der Waals surface area contributed by atoms with Gasteiger partial charge in [-0.1, -0.05) is 77.0 Å². The van der Waals surface area contributed by atoms with Crippen molar-refractivity contribution in [3.8, 4) is 0 Å². The van der Waals surface area contributed by atoms with E-state index in [2.05, 4.69) is 9.97 Å². The Labute approximate surface area is 179 Å². The predicted molar refractivity (Wildman–Crippen MR) is 122 cm³/mol. The molecule has 0 amide bonds. The van der Waals surface area contributed by atoms with Crippen molar-refractivity contribution in [1.82, 2.24) is 19.1 Å². The third kappa shape index (κ3) is 7.42. The number of aromatic nitrogens is 4. The van der Waals surface area contributed by atoms with Crippen LogP contribution >= 0.6 is 0 Å². The number of hydrogen-bond acceptors (Lipinski definition) is 4.